The fraction of sp³-hybridized carbons (Fsp3) is 0.571. The average Bonchev–Trinajstić information content (AvgIpc) is 3.31. The minimum absolute atomic E-state index is 0.208. The number of aryl methyl sites for hydroxylation is 2. The van der Waals surface area contributed by atoms with Gasteiger partial charge in [0.05, 0.1) is 23.6 Å². The van der Waals surface area contributed by atoms with Crippen molar-refractivity contribution < 1.29 is 4.74 Å². The summed E-state index contributed by atoms with van der Waals surface area (Å²) in [6.45, 7) is 9.47. The van der Waals surface area contributed by atoms with Gasteiger partial charge in [0.2, 0.25) is 5.82 Å². The Morgan fingerprint density at radius 2 is 2.07 bits per heavy atom. The number of tetrazole rings is 1. The Morgan fingerprint density at radius 3 is 2.69 bits per heavy atom. The largest absolute Gasteiger partial charge is 0.384 e. The summed E-state index contributed by atoms with van der Waals surface area (Å²) in [4.78, 5) is 5.19. The maximum Gasteiger partial charge on any atom is 0.207 e. The normalized spacial score (nSPS) is 16.1. The first kappa shape index (κ1) is 19.7. The van der Waals surface area contributed by atoms with Gasteiger partial charge in [0.25, 0.3) is 0 Å². The number of H-pyrrole nitrogens is 1. The molecule has 1 N–H and O–H groups in total. The van der Waals surface area contributed by atoms with E-state index in [1.165, 1.54) is 5.56 Å². The molecule has 0 spiro atoms. The molecule has 0 aliphatic heterocycles. The second-order valence-corrected chi connectivity index (χ2v) is 9.37. The molecular formula is C21H29N7O. The van der Waals surface area contributed by atoms with Crippen molar-refractivity contribution in [3.8, 4) is 22.6 Å². The van der Waals surface area contributed by atoms with Crippen molar-refractivity contribution >= 4 is 0 Å². The fourth-order valence-corrected chi connectivity index (χ4v) is 4.40. The second kappa shape index (κ2) is 7.02. The van der Waals surface area contributed by atoms with E-state index in [0.29, 0.717) is 12.4 Å². The molecule has 0 aromatic carbocycles. The van der Waals surface area contributed by atoms with Crippen LogP contribution in [0.2, 0.25) is 0 Å². The highest BCUT2D eigenvalue weighted by Crippen LogP contribution is 2.45. The third-order valence-corrected chi connectivity index (χ3v) is 5.87. The van der Waals surface area contributed by atoms with Gasteiger partial charge in [-0.25, -0.2) is 0 Å². The van der Waals surface area contributed by atoms with Crippen LogP contribution in [0.15, 0.2) is 12.3 Å². The summed E-state index contributed by atoms with van der Waals surface area (Å²) >= 11 is 0. The molecular weight excluding hydrogens is 366 g/mol. The van der Waals surface area contributed by atoms with E-state index in [0.717, 1.165) is 47.5 Å². The lowest BCUT2D eigenvalue weighted by atomic mass is 9.72. The molecule has 8 nitrogen and oxygen atoms in total. The number of fused-ring (bicyclic) bond motifs is 1. The maximum absolute atomic E-state index is 5.54. The van der Waals surface area contributed by atoms with Crippen molar-refractivity contribution in [2.75, 3.05) is 13.7 Å². The summed E-state index contributed by atoms with van der Waals surface area (Å²) < 4.78 is 7.45. The molecule has 4 rings (SSSR count). The number of hydrogen-bond donors (Lipinski definition) is 1. The topological polar surface area (TPSA) is 94.4 Å². The molecule has 1 aliphatic carbocycles. The van der Waals surface area contributed by atoms with Gasteiger partial charge >= 0.3 is 0 Å². The van der Waals surface area contributed by atoms with Gasteiger partial charge in [-0.15, -0.1) is 10.2 Å². The first-order chi connectivity index (χ1) is 13.7. The summed E-state index contributed by atoms with van der Waals surface area (Å²) in [5, 5.41) is 19.6. The van der Waals surface area contributed by atoms with Crippen LogP contribution in [0.5, 0.6) is 0 Å². The summed E-state index contributed by atoms with van der Waals surface area (Å²) in [6, 6.07) is 2.05. The standard InChI is InChI=1S/C21H29N7O/c1-20(2)9-7-14-13(11-20)16(15-8-10-22-28(15)5)17(19-24-26-27-25-19)18(23-14)21(3,4)12-29-6/h8,10H,7,9,11-12H2,1-6H3,(H,24,25,26,27). The van der Waals surface area contributed by atoms with Crippen molar-refractivity contribution in [3.05, 3.63) is 29.2 Å². The highest BCUT2D eigenvalue weighted by molar-refractivity contribution is 5.84. The van der Waals surface area contributed by atoms with Gasteiger partial charge in [0.15, 0.2) is 0 Å². The zero-order valence-electron chi connectivity index (χ0n) is 18.1. The number of aromatic nitrogens is 7. The highest BCUT2D eigenvalue weighted by Gasteiger charge is 2.36. The van der Waals surface area contributed by atoms with E-state index in [1.807, 2.05) is 24.0 Å². The third-order valence-electron chi connectivity index (χ3n) is 5.87. The zero-order valence-corrected chi connectivity index (χ0v) is 18.1. The Hall–Kier alpha value is -2.61. The fourth-order valence-electron chi connectivity index (χ4n) is 4.40. The predicted molar refractivity (Wildman–Crippen MR) is 110 cm³/mol. The predicted octanol–water partition coefficient (Wildman–Crippen LogP) is 3.10. The van der Waals surface area contributed by atoms with Crippen LogP contribution < -0.4 is 0 Å². The molecule has 0 radical (unpaired) electrons. The highest BCUT2D eigenvalue weighted by atomic mass is 16.5. The van der Waals surface area contributed by atoms with Crippen LogP contribution in [0.1, 0.15) is 51.1 Å². The van der Waals surface area contributed by atoms with Gasteiger partial charge in [0.1, 0.15) is 0 Å². The first-order valence-corrected chi connectivity index (χ1v) is 10.0. The lowest BCUT2D eigenvalue weighted by Crippen LogP contribution is -2.30. The third kappa shape index (κ3) is 3.46. The smallest absolute Gasteiger partial charge is 0.207 e. The van der Waals surface area contributed by atoms with Crippen LogP contribution in [0, 0.1) is 5.41 Å². The summed E-state index contributed by atoms with van der Waals surface area (Å²) in [5.41, 5.74) is 6.32. The molecule has 1 aliphatic rings. The van der Waals surface area contributed by atoms with Crippen molar-refractivity contribution in [2.45, 2.75) is 52.4 Å². The Morgan fingerprint density at radius 1 is 1.28 bits per heavy atom. The lowest BCUT2D eigenvalue weighted by Gasteiger charge is -2.35. The van der Waals surface area contributed by atoms with E-state index in [-0.39, 0.29) is 10.8 Å². The Labute approximate surface area is 171 Å². The molecule has 8 heteroatoms. The number of nitrogens with zero attached hydrogens (tertiary/aromatic N) is 6. The number of methoxy groups -OCH3 is 1. The van der Waals surface area contributed by atoms with Crippen LogP contribution >= 0.6 is 0 Å². The average molecular weight is 396 g/mol. The number of aromatic amines is 1. The van der Waals surface area contributed by atoms with E-state index < -0.39 is 0 Å². The minimum Gasteiger partial charge on any atom is -0.384 e. The quantitative estimate of drug-likeness (QED) is 0.713. The van der Waals surface area contributed by atoms with E-state index in [1.54, 1.807) is 7.11 Å². The van der Waals surface area contributed by atoms with Crippen molar-refractivity contribution in [1.29, 1.82) is 0 Å². The van der Waals surface area contributed by atoms with Crippen molar-refractivity contribution in [1.82, 2.24) is 35.4 Å². The molecule has 3 aromatic rings. The van der Waals surface area contributed by atoms with E-state index >= 15 is 0 Å². The van der Waals surface area contributed by atoms with Gasteiger partial charge in [-0.05, 0) is 41.5 Å². The zero-order chi connectivity index (χ0) is 20.8. The van der Waals surface area contributed by atoms with Crippen molar-refractivity contribution in [2.24, 2.45) is 12.5 Å². The Bertz CT molecular complexity index is 1020. The molecule has 0 amide bonds. The van der Waals surface area contributed by atoms with E-state index in [2.05, 4.69) is 53.4 Å². The molecule has 0 saturated carbocycles. The second-order valence-electron chi connectivity index (χ2n) is 9.37. The van der Waals surface area contributed by atoms with Crippen LogP contribution in [0.4, 0.5) is 0 Å². The first-order valence-electron chi connectivity index (χ1n) is 10.0. The van der Waals surface area contributed by atoms with Gasteiger partial charge in [0, 0.05) is 37.0 Å². The molecule has 154 valence electrons. The molecule has 0 bridgehead atoms. The van der Waals surface area contributed by atoms with Crippen LogP contribution in [-0.4, -0.2) is 49.1 Å². The maximum atomic E-state index is 5.54. The van der Waals surface area contributed by atoms with Gasteiger partial charge in [-0.3, -0.25) is 9.67 Å². The van der Waals surface area contributed by atoms with Gasteiger partial charge in [-0.1, -0.05) is 27.7 Å². The summed E-state index contributed by atoms with van der Waals surface area (Å²) in [5.74, 6) is 0.555. The molecule has 0 saturated heterocycles. The lowest BCUT2D eigenvalue weighted by molar-refractivity contribution is 0.144. The number of ether oxygens (including phenoxy) is 1. The van der Waals surface area contributed by atoms with Crippen LogP contribution in [-0.2, 0) is 30.0 Å². The molecule has 0 atom stereocenters. The minimum atomic E-state index is -0.319. The summed E-state index contributed by atoms with van der Waals surface area (Å²) in [6.07, 6.45) is 4.85. The number of pyridine rings is 1. The SMILES string of the molecule is COCC(C)(C)c1nc2c(c(-c3ccnn3C)c1-c1nn[nH]n1)CC(C)(C)CC2. The van der Waals surface area contributed by atoms with E-state index in [9.17, 15) is 0 Å². The van der Waals surface area contributed by atoms with E-state index in [4.69, 9.17) is 9.72 Å². The molecule has 3 aromatic heterocycles. The van der Waals surface area contributed by atoms with Gasteiger partial charge < -0.3 is 4.74 Å². The van der Waals surface area contributed by atoms with Crippen LogP contribution in [0.25, 0.3) is 22.6 Å². The molecule has 0 unspecified atom stereocenters. The number of nitrogens with one attached hydrogen (secondary N) is 1. The Kier molecular flexibility index (Phi) is 4.77. The van der Waals surface area contributed by atoms with Gasteiger partial charge in [-0.2, -0.15) is 10.3 Å². The number of rotatable bonds is 5. The molecule has 0 fully saturated rings. The van der Waals surface area contributed by atoms with Crippen LogP contribution in [0.3, 0.4) is 0 Å². The summed E-state index contributed by atoms with van der Waals surface area (Å²) in [7, 11) is 3.69. The molecule has 3 heterocycles. The monoisotopic (exact) mass is 395 g/mol. The number of hydrogen-bond acceptors (Lipinski definition) is 6. The molecule has 29 heavy (non-hydrogen) atoms. The Balaban J connectivity index is 2.11. The van der Waals surface area contributed by atoms with Crippen molar-refractivity contribution in [3.63, 3.8) is 0 Å².